The van der Waals surface area contributed by atoms with E-state index in [4.69, 9.17) is 14.5 Å². The Hall–Kier alpha value is -3.52. The highest BCUT2D eigenvalue weighted by atomic mass is 32.2. The third-order valence-corrected chi connectivity index (χ3v) is 7.16. The molecule has 2 aromatic rings. The molecule has 1 amide bonds. The summed E-state index contributed by atoms with van der Waals surface area (Å²) in [6.45, 7) is 5.93. The number of aliphatic imine (C=N–C) groups is 1. The van der Waals surface area contributed by atoms with Gasteiger partial charge in [0.15, 0.2) is 5.17 Å². The van der Waals surface area contributed by atoms with Gasteiger partial charge in [0.05, 0.1) is 29.8 Å². The number of carbonyl (C=O) groups is 2. The van der Waals surface area contributed by atoms with Crippen LogP contribution >= 0.6 is 11.8 Å². The van der Waals surface area contributed by atoms with Crippen molar-refractivity contribution in [1.29, 1.82) is 0 Å². The van der Waals surface area contributed by atoms with Gasteiger partial charge >= 0.3 is 5.97 Å². The first-order valence-corrected chi connectivity index (χ1v) is 13.5. The molecule has 192 valence electrons. The van der Waals surface area contributed by atoms with Crippen LogP contribution in [0.15, 0.2) is 82.0 Å². The van der Waals surface area contributed by atoms with E-state index in [1.165, 1.54) is 11.8 Å². The van der Waals surface area contributed by atoms with Gasteiger partial charge in [-0.1, -0.05) is 54.2 Å². The summed E-state index contributed by atoms with van der Waals surface area (Å²) in [6.07, 6.45) is 2.00. The maximum atomic E-state index is 13.4. The predicted molar refractivity (Wildman–Crippen MR) is 145 cm³/mol. The fraction of sp³-hybridized carbons (Fsp3) is 0.345. The quantitative estimate of drug-likeness (QED) is 0.445. The molecule has 37 heavy (non-hydrogen) atoms. The molecule has 1 fully saturated rings. The molecule has 1 aliphatic carbocycles. The molecule has 0 unspecified atom stereocenters. The van der Waals surface area contributed by atoms with Crippen molar-refractivity contribution in [1.82, 2.24) is 10.2 Å². The van der Waals surface area contributed by atoms with Crippen molar-refractivity contribution in [3.63, 3.8) is 0 Å². The Bertz CT molecular complexity index is 1280. The molecule has 0 aromatic heterocycles. The van der Waals surface area contributed by atoms with Crippen molar-refractivity contribution in [3.05, 3.63) is 88.1 Å². The fourth-order valence-corrected chi connectivity index (χ4v) is 5.37. The Morgan fingerprint density at radius 2 is 1.92 bits per heavy atom. The first-order chi connectivity index (χ1) is 17.9. The van der Waals surface area contributed by atoms with Gasteiger partial charge in [-0.15, -0.1) is 0 Å². The molecule has 2 aliphatic heterocycles. The van der Waals surface area contributed by atoms with Gasteiger partial charge in [-0.25, -0.2) is 9.79 Å². The first kappa shape index (κ1) is 25.1. The summed E-state index contributed by atoms with van der Waals surface area (Å²) in [5.41, 5.74) is 3.82. The maximum absolute atomic E-state index is 13.4. The average molecular weight is 518 g/mol. The van der Waals surface area contributed by atoms with Crippen LogP contribution in [0.1, 0.15) is 57.2 Å². The second kappa shape index (κ2) is 10.8. The number of esters is 1. The molecule has 1 N–H and O–H groups in total. The Labute approximate surface area is 221 Å². The van der Waals surface area contributed by atoms with E-state index in [0.717, 1.165) is 34.8 Å². The number of nitrogens with one attached hydrogen (secondary N) is 1. The van der Waals surface area contributed by atoms with E-state index in [1.807, 2.05) is 85.7 Å². The summed E-state index contributed by atoms with van der Waals surface area (Å²) >= 11 is 1.47. The molecule has 1 atom stereocenters. The highest BCUT2D eigenvalue weighted by molar-refractivity contribution is 8.16. The monoisotopic (exact) mass is 517 g/mol. The van der Waals surface area contributed by atoms with Gasteiger partial charge in [-0.05, 0) is 62.3 Å². The summed E-state index contributed by atoms with van der Waals surface area (Å²) in [7, 11) is 0. The van der Waals surface area contributed by atoms with E-state index < -0.39 is 12.0 Å². The summed E-state index contributed by atoms with van der Waals surface area (Å²) in [6, 6.07) is 17.5. The maximum Gasteiger partial charge on any atom is 0.338 e. The number of ether oxygens (including phenoxy) is 2. The summed E-state index contributed by atoms with van der Waals surface area (Å²) in [5, 5.41) is 5.76. The van der Waals surface area contributed by atoms with Crippen LogP contribution in [-0.4, -0.2) is 34.1 Å². The number of hydrogen-bond donors (Lipinski definition) is 1. The molecular formula is C29H31N3O4S. The summed E-state index contributed by atoms with van der Waals surface area (Å²) in [5.74, 6) is 0.268. The van der Waals surface area contributed by atoms with Crippen molar-refractivity contribution in [2.75, 3.05) is 0 Å². The number of amidine groups is 1. The molecule has 2 heterocycles. The third-order valence-electron chi connectivity index (χ3n) is 6.27. The van der Waals surface area contributed by atoms with E-state index in [1.54, 1.807) is 0 Å². The zero-order valence-corrected chi connectivity index (χ0v) is 22.1. The van der Waals surface area contributed by atoms with Gasteiger partial charge in [0, 0.05) is 11.7 Å². The van der Waals surface area contributed by atoms with E-state index in [0.29, 0.717) is 23.6 Å². The van der Waals surface area contributed by atoms with Crippen molar-refractivity contribution in [2.24, 2.45) is 4.99 Å². The zero-order valence-electron chi connectivity index (χ0n) is 21.3. The van der Waals surface area contributed by atoms with Gasteiger partial charge in [0.25, 0.3) is 0 Å². The molecule has 3 aliphatic rings. The molecule has 0 radical (unpaired) electrons. The van der Waals surface area contributed by atoms with E-state index in [-0.39, 0.29) is 24.5 Å². The van der Waals surface area contributed by atoms with Gasteiger partial charge in [-0.2, -0.15) is 0 Å². The molecule has 0 spiro atoms. The smallest absolute Gasteiger partial charge is 0.338 e. The number of rotatable bonds is 9. The lowest BCUT2D eigenvalue weighted by molar-refractivity contribution is -0.143. The lowest BCUT2D eigenvalue weighted by atomic mass is 9.93. The molecule has 7 nitrogen and oxygen atoms in total. The van der Waals surface area contributed by atoms with Crippen LogP contribution in [0, 0.1) is 0 Å². The zero-order chi connectivity index (χ0) is 25.9. The van der Waals surface area contributed by atoms with Crippen LogP contribution in [-0.2, 0) is 20.9 Å². The molecule has 0 saturated heterocycles. The van der Waals surface area contributed by atoms with Gasteiger partial charge in [-0.3, -0.25) is 4.79 Å². The number of thioether (sulfide) groups is 1. The van der Waals surface area contributed by atoms with Gasteiger partial charge in [0.1, 0.15) is 12.4 Å². The largest absolute Gasteiger partial charge is 0.489 e. The van der Waals surface area contributed by atoms with Gasteiger partial charge in [0.2, 0.25) is 5.91 Å². The van der Waals surface area contributed by atoms with Crippen LogP contribution in [0.25, 0.3) is 0 Å². The Balaban J connectivity index is 1.47. The normalized spacial score (nSPS) is 18.8. The lowest BCUT2D eigenvalue weighted by Crippen LogP contribution is -2.38. The minimum atomic E-state index is -0.492. The molecule has 0 bridgehead atoms. The number of allylic oxidation sites excluding steroid dienone is 1. The first-order valence-electron chi connectivity index (χ1n) is 12.6. The predicted octanol–water partition coefficient (Wildman–Crippen LogP) is 5.46. The van der Waals surface area contributed by atoms with Crippen molar-refractivity contribution in [2.45, 2.75) is 64.8 Å². The average Bonchev–Trinajstić information content (AvgIpc) is 3.60. The van der Waals surface area contributed by atoms with Crippen LogP contribution in [0.2, 0.25) is 0 Å². The summed E-state index contributed by atoms with van der Waals surface area (Å²) < 4.78 is 11.7. The van der Waals surface area contributed by atoms with Crippen molar-refractivity contribution < 1.29 is 19.1 Å². The Morgan fingerprint density at radius 1 is 1.14 bits per heavy atom. The standard InChI is InChI=1S/C29H31N3O4S/c1-18(2)36-28(34)26-19(3)30-29-32(23(17-37-29)15-25(33)31-22-12-13-22)27(26)21-10-7-11-24(14-21)35-16-20-8-5-4-6-9-20/h4-11,14,17-18,22,27H,12-13,15-16H2,1-3H3,(H,31,33)/t27-/m1/s1. The lowest BCUT2D eigenvalue weighted by Gasteiger charge is -2.36. The van der Waals surface area contributed by atoms with Crippen LogP contribution in [0.3, 0.4) is 0 Å². The highest BCUT2D eigenvalue weighted by Crippen LogP contribution is 2.45. The summed E-state index contributed by atoms with van der Waals surface area (Å²) in [4.78, 5) is 32.8. The van der Waals surface area contributed by atoms with Crippen LogP contribution in [0.4, 0.5) is 0 Å². The number of nitrogens with zero attached hydrogens (tertiary/aromatic N) is 2. The minimum Gasteiger partial charge on any atom is -0.489 e. The SMILES string of the molecule is CC1=C(C(=O)OC(C)C)[C@@H](c2cccc(OCc3ccccc3)c2)N2C(CC(=O)NC3CC3)=CSC2=N1. The van der Waals surface area contributed by atoms with E-state index in [9.17, 15) is 9.59 Å². The number of fused-ring (bicyclic) bond motifs is 1. The molecule has 5 rings (SSSR count). The fourth-order valence-electron chi connectivity index (χ4n) is 4.41. The van der Waals surface area contributed by atoms with Gasteiger partial charge < -0.3 is 19.7 Å². The van der Waals surface area contributed by atoms with Crippen LogP contribution < -0.4 is 10.1 Å². The number of amides is 1. The van der Waals surface area contributed by atoms with Crippen molar-refractivity contribution >= 4 is 28.8 Å². The number of hydrogen-bond acceptors (Lipinski definition) is 7. The molecule has 2 aromatic carbocycles. The molecule has 8 heteroatoms. The van der Waals surface area contributed by atoms with Crippen molar-refractivity contribution in [3.8, 4) is 5.75 Å². The second-order valence-corrected chi connectivity index (χ2v) is 10.5. The number of benzene rings is 2. The molecular weight excluding hydrogens is 486 g/mol. The third kappa shape index (κ3) is 5.91. The van der Waals surface area contributed by atoms with Crippen LogP contribution in [0.5, 0.6) is 5.75 Å². The Kier molecular flexibility index (Phi) is 7.37. The second-order valence-electron chi connectivity index (χ2n) is 9.71. The Morgan fingerprint density at radius 3 is 2.65 bits per heavy atom. The topological polar surface area (TPSA) is 80.2 Å². The van der Waals surface area contributed by atoms with E-state index >= 15 is 0 Å². The number of carbonyl (C=O) groups excluding carboxylic acids is 2. The van der Waals surface area contributed by atoms with E-state index in [2.05, 4.69) is 5.32 Å². The molecule has 1 saturated carbocycles. The minimum absolute atomic E-state index is 0.0214. The highest BCUT2D eigenvalue weighted by Gasteiger charge is 2.41.